The number of carbonyl (C=O) groups is 1. The molecule has 0 unspecified atom stereocenters. The molecule has 0 amide bonds. The number of hydrogen-bond donors (Lipinski definition) is 2. The van der Waals surface area contributed by atoms with Gasteiger partial charge in [-0.2, -0.15) is 0 Å². The molecule has 10 heavy (non-hydrogen) atoms. The van der Waals surface area contributed by atoms with Crippen molar-refractivity contribution in [3.63, 3.8) is 0 Å². The SMILES string of the molecule is CCNCCC(=O)O.Cl.Cl. The molecule has 2 N–H and O–H groups in total. The van der Waals surface area contributed by atoms with Crippen LogP contribution in [0.5, 0.6) is 0 Å². The van der Waals surface area contributed by atoms with E-state index in [9.17, 15) is 4.79 Å². The quantitative estimate of drug-likeness (QED) is 0.648. The van der Waals surface area contributed by atoms with Crippen LogP contribution in [0.15, 0.2) is 0 Å². The molecular weight excluding hydrogens is 177 g/mol. The second-order valence-electron chi connectivity index (χ2n) is 1.50. The highest BCUT2D eigenvalue weighted by Crippen LogP contribution is 1.72. The molecule has 0 bridgehead atoms. The number of carboxylic acids is 1. The van der Waals surface area contributed by atoms with Crippen molar-refractivity contribution in [2.75, 3.05) is 13.1 Å². The van der Waals surface area contributed by atoms with Gasteiger partial charge < -0.3 is 10.4 Å². The van der Waals surface area contributed by atoms with Crippen molar-refractivity contribution in [1.29, 1.82) is 0 Å². The van der Waals surface area contributed by atoms with Crippen LogP contribution in [-0.2, 0) is 4.79 Å². The van der Waals surface area contributed by atoms with Gasteiger partial charge in [0.2, 0.25) is 0 Å². The Balaban J connectivity index is -0.000000245. The van der Waals surface area contributed by atoms with E-state index in [-0.39, 0.29) is 31.2 Å². The van der Waals surface area contributed by atoms with E-state index in [1.165, 1.54) is 0 Å². The van der Waals surface area contributed by atoms with Gasteiger partial charge in [0.15, 0.2) is 0 Å². The van der Waals surface area contributed by atoms with Crippen molar-refractivity contribution in [3.8, 4) is 0 Å². The van der Waals surface area contributed by atoms with E-state index in [0.29, 0.717) is 6.54 Å². The van der Waals surface area contributed by atoms with E-state index in [2.05, 4.69) is 5.32 Å². The Kier molecular flexibility index (Phi) is 19.5. The lowest BCUT2D eigenvalue weighted by Crippen LogP contribution is -2.16. The monoisotopic (exact) mass is 189 g/mol. The minimum atomic E-state index is -0.744. The van der Waals surface area contributed by atoms with Crippen LogP contribution in [0.3, 0.4) is 0 Å². The molecule has 0 heterocycles. The molecule has 0 fully saturated rings. The Labute approximate surface area is 73.0 Å². The van der Waals surface area contributed by atoms with Gasteiger partial charge in [0.1, 0.15) is 0 Å². The first-order valence-electron chi connectivity index (χ1n) is 2.70. The lowest BCUT2D eigenvalue weighted by atomic mass is 10.4. The van der Waals surface area contributed by atoms with Crippen LogP contribution in [-0.4, -0.2) is 24.2 Å². The maximum atomic E-state index is 9.83. The topological polar surface area (TPSA) is 49.3 Å². The van der Waals surface area contributed by atoms with Crippen LogP contribution in [0.1, 0.15) is 13.3 Å². The van der Waals surface area contributed by atoms with Crippen molar-refractivity contribution in [2.24, 2.45) is 0 Å². The van der Waals surface area contributed by atoms with Crippen molar-refractivity contribution in [3.05, 3.63) is 0 Å². The first kappa shape index (κ1) is 16.5. The normalized spacial score (nSPS) is 7.30. The Hall–Kier alpha value is 0.01000. The zero-order chi connectivity index (χ0) is 6.41. The number of hydrogen-bond acceptors (Lipinski definition) is 2. The van der Waals surface area contributed by atoms with Gasteiger partial charge >= 0.3 is 5.97 Å². The summed E-state index contributed by atoms with van der Waals surface area (Å²) in [6.07, 6.45) is 0.216. The van der Waals surface area contributed by atoms with E-state index >= 15 is 0 Å². The van der Waals surface area contributed by atoms with E-state index in [0.717, 1.165) is 6.54 Å². The van der Waals surface area contributed by atoms with Crippen LogP contribution < -0.4 is 5.32 Å². The first-order valence-corrected chi connectivity index (χ1v) is 2.70. The average Bonchev–Trinajstić information content (AvgIpc) is 1.66. The molecule has 0 radical (unpaired) electrons. The molecule has 0 atom stereocenters. The van der Waals surface area contributed by atoms with Gasteiger partial charge in [-0.15, -0.1) is 24.8 Å². The van der Waals surface area contributed by atoms with Crippen LogP contribution in [0, 0.1) is 0 Å². The maximum absolute atomic E-state index is 9.83. The summed E-state index contributed by atoms with van der Waals surface area (Å²) in [6.45, 7) is 3.36. The lowest BCUT2D eigenvalue weighted by molar-refractivity contribution is -0.136. The minimum absolute atomic E-state index is 0. The molecule has 0 aliphatic carbocycles. The predicted octanol–water partition coefficient (Wildman–Crippen LogP) is 0.914. The summed E-state index contributed by atoms with van der Waals surface area (Å²) in [4.78, 5) is 9.83. The number of halogens is 2. The average molecular weight is 190 g/mol. The molecule has 0 aromatic rings. The fraction of sp³-hybridized carbons (Fsp3) is 0.800. The maximum Gasteiger partial charge on any atom is 0.304 e. The Bertz CT molecular complexity index is 80.0. The minimum Gasteiger partial charge on any atom is -0.481 e. The summed E-state index contributed by atoms with van der Waals surface area (Å²) in [5, 5.41) is 11.0. The molecular formula is C5H13Cl2NO2. The molecule has 0 aromatic heterocycles. The van der Waals surface area contributed by atoms with Gasteiger partial charge in [0.25, 0.3) is 0 Å². The number of aliphatic carboxylic acids is 1. The number of carboxylic acid groups (broad SMARTS) is 1. The molecule has 0 spiro atoms. The van der Waals surface area contributed by atoms with Crippen molar-refractivity contribution in [1.82, 2.24) is 5.32 Å². The summed E-state index contributed by atoms with van der Waals surface area (Å²) >= 11 is 0. The Morgan fingerprint density at radius 3 is 2.30 bits per heavy atom. The fourth-order valence-corrected chi connectivity index (χ4v) is 0.372. The van der Waals surface area contributed by atoms with Gasteiger partial charge in [-0.3, -0.25) is 4.79 Å². The lowest BCUT2D eigenvalue weighted by Gasteiger charge is -1.93. The largest absolute Gasteiger partial charge is 0.481 e. The van der Waals surface area contributed by atoms with Crippen LogP contribution in [0.2, 0.25) is 0 Å². The molecule has 5 heteroatoms. The predicted molar refractivity (Wildman–Crippen MR) is 45.3 cm³/mol. The summed E-state index contributed by atoms with van der Waals surface area (Å²) in [5.74, 6) is -0.744. The van der Waals surface area contributed by atoms with Crippen LogP contribution in [0.25, 0.3) is 0 Å². The van der Waals surface area contributed by atoms with Crippen LogP contribution >= 0.6 is 24.8 Å². The van der Waals surface area contributed by atoms with E-state index in [1.807, 2.05) is 6.92 Å². The van der Waals surface area contributed by atoms with Crippen LogP contribution in [0.4, 0.5) is 0 Å². The smallest absolute Gasteiger partial charge is 0.304 e. The second-order valence-corrected chi connectivity index (χ2v) is 1.50. The van der Waals surface area contributed by atoms with Crippen molar-refractivity contribution in [2.45, 2.75) is 13.3 Å². The summed E-state index contributed by atoms with van der Waals surface area (Å²) in [5.41, 5.74) is 0. The zero-order valence-corrected chi connectivity index (χ0v) is 7.43. The third-order valence-electron chi connectivity index (χ3n) is 0.766. The molecule has 0 saturated carbocycles. The molecule has 0 aliphatic rings. The van der Waals surface area contributed by atoms with E-state index in [1.54, 1.807) is 0 Å². The third kappa shape index (κ3) is 15.7. The summed E-state index contributed by atoms with van der Waals surface area (Å²) in [6, 6.07) is 0. The molecule has 0 saturated heterocycles. The Morgan fingerprint density at radius 1 is 1.50 bits per heavy atom. The molecule has 0 aliphatic heterocycles. The highest BCUT2D eigenvalue weighted by atomic mass is 35.5. The first-order chi connectivity index (χ1) is 3.77. The highest BCUT2D eigenvalue weighted by molar-refractivity contribution is 5.85. The number of nitrogens with one attached hydrogen (secondary N) is 1. The summed E-state index contributed by atoms with van der Waals surface area (Å²) in [7, 11) is 0. The molecule has 3 nitrogen and oxygen atoms in total. The van der Waals surface area contributed by atoms with Gasteiger partial charge in [-0.05, 0) is 6.54 Å². The molecule has 0 rings (SSSR count). The van der Waals surface area contributed by atoms with Gasteiger partial charge in [-0.1, -0.05) is 6.92 Å². The van der Waals surface area contributed by atoms with Gasteiger partial charge in [0.05, 0.1) is 6.42 Å². The zero-order valence-electron chi connectivity index (χ0n) is 5.79. The third-order valence-corrected chi connectivity index (χ3v) is 0.766. The second kappa shape index (κ2) is 11.8. The molecule has 64 valence electrons. The molecule has 0 aromatic carbocycles. The number of rotatable bonds is 4. The van der Waals surface area contributed by atoms with E-state index < -0.39 is 5.97 Å². The van der Waals surface area contributed by atoms with Gasteiger partial charge in [0, 0.05) is 6.54 Å². The Morgan fingerprint density at radius 2 is 2.00 bits per heavy atom. The highest BCUT2D eigenvalue weighted by Gasteiger charge is 1.91. The standard InChI is InChI=1S/C5H11NO2.2ClH/c1-2-6-4-3-5(7)8;;/h6H,2-4H2,1H3,(H,7,8);2*1H. The van der Waals surface area contributed by atoms with Gasteiger partial charge in [-0.25, -0.2) is 0 Å². The van der Waals surface area contributed by atoms with E-state index in [4.69, 9.17) is 5.11 Å². The fourth-order valence-electron chi connectivity index (χ4n) is 0.372. The summed E-state index contributed by atoms with van der Waals surface area (Å²) < 4.78 is 0. The van der Waals surface area contributed by atoms with Crippen molar-refractivity contribution >= 4 is 30.8 Å². The van der Waals surface area contributed by atoms with Crippen molar-refractivity contribution < 1.29 is 9.90 Å².